The summed E-state index contributed by atoms with van der Waals surface area (Å²) in [6.45, 7) is 5.28. The van der Waals surface area contributed by atoms with Gasteiger partial charge in [-0.1, -0.05) is 42.5 Å². The van der Waals surface area contributed by atoms with Crippen LogP contribution in [-0.4, -0.2) is 48.3 Å². The van der Waals surface area contributed by atoms with Gasteiger partial charge in [0.2, 0.25) is 11.8 Å². The highest BCUT2D eigenvalue weighted by Crippen LogP contribution is 2.19. The van der Waals surface area contributed by atoms with Gasteiger partial charge in [-0.3, -0.25) is 9.59 Å². The van der Waals surface area contributed by atoms with Crippen LogP contribution in [0.25, 0.3) is 16.8 Å². The molecule has 4 heteroatoms. The van der Waals surface area contributed by atoms with Gasteiger partial charge in [0.15, 0.2) is 0 Å². The number of likely N-dealkylation sites (N-methyl/N-ethyl adjacent to an activating group) is 2. The van der Waals surface area contributed by atoms with Crippen LogP contribution in [0.4, 0.5) is 0 Å². The van der Waals surface area contributed by atoms with Crippen LogP contribution in [0, 0.1) is 0 Å². The van der Waals surface area contributed by atoms with Crippen molar-refractivity contribution in [2.24, 2.45) is 0 Å². The van der Waals surface area contributed by atoms with Crippen molar-refractivity contribution in [2.75, 3.05) is 26.7 Å². The van der Waals surface area contributed by atoms with E-state index in [1.807, 2.05) is 62.4 Å². The highest BCUT2D eigenvalue weighted by molar-refractivity contribution is 5.97. The summed E-state index contributed by atoms with van der Waals surface area (Å²) in [5.41, 5.74) is 0.991. The molecule has 0 aromatic heterocycles. The van der Waals surface area contributed by atoms with E-state index < -0.39 is 0 Å². The third kappa shape index (κ3) is 4.22. The van der Waals surface area contributed by atoms with E-state index in [2.05, 4.69) is 0 Å². The number of carbonyl (C=O) groups excluding carboxylic acids is 2. The quantitative estimate of drug-likeness (QED) is 0.766. The molecule has 126 valence electrons. The molecular formula is C20H24N2O2. The summed E-state index contributed by atoms with van der Waals surface area (Å²) in [7, 11) is 1.65. The fourth-order valence-corrected chi connectivity index (χ4v) is 2.64. The number of rotatable bonds is 6. The molecule has 4 nitrogen and oxygen atoms in total. The Morgan fingerprint density at radius 2 is 1.67 bits per heavy atom. The summed E-state index contributed by atoms with van der Waals surface area (Å²) in [4.78, 5) is 27.5. The number of benzene rings is 2. The first-order valence-corrected chi connectivity index (χ1v) is 8.25. The Labute approximate surface area is 143 Å². The molecule has 0 aliphatic rings. The molecule has 0 saturated carbocycles. The number of carbonyl (C=O) groups is 2. The zero-order chi connectivity index (χ0) is 17.5. The Hall–Kier alpha value is -2.62. The minimum absolute atomic E-state index is 0.0330. The van der Waals surface area contributed by atoms with Gasteiger partial charge in [-0.25, -0.2) is 0 Å². The van der Waals surface area contributed by atoms with E-state index in [4.69, 9.17) is 0 Å². The number of amides is 2. The Bertz CT molecular complexity index is 743. The third-order valence-corrected chi connectivity index (χ3v) is 4.09. The molecule has 0 aliphatic carbocycles. The van der Waals surface area contributed by atoms with Gasteiger partial charge in [-0.05, 0) is 36.3 Å². The average Bonchev–Trinajstić information content (AvgIpc) is 2.60. The molecule has 0 atom stereocenters. The van der Waals surface area contributed by atoms with E-state index in [0.717, 1.165) is 16.3 Å². The molecule has 0 radical (unpaired) electrons. The topological polar surface area (TPSA) is 40.6 Å². The van der Waals surface area contributed by atoms with Crippen molar-refractivity contribution in [3.05, 3.63) is 54.1 Å². The second-order valence-corrected chi connectivity index (χ2v) is 5.66. The van der Waals surface area contributed by atoms with Crippen LogP contribution >= 0.6 is 0 Å². The normalized spacial score (nSPS) is 11.0. The Kier molecular flexibility index (Phi) is 6.13. The fraction of sp³-hybridized carbons (Fsp3) is 0.300. The lowest BCUT2D eigenvalue weighted by atomic mass is 10.0. The van der Waals surface area contributed by atoms with Crippen LogP contribution in [-0.2, 0) is 9.59 Å². The van der Waals surface area contributed by atoms with Crippen molar-refractivity contribution in [1.29, 1.82) is 0 Å². The molecule has 24 heavy (non-hydrogen) atoms. The highest BCUT2D eigenvalue weighted by Gasteiger charge is 2.14. The number of fused-ring (bicyclic) bond motifs is 1. The second-order valence-electron chi connectivity index (χ2n) is 5.66. The monoisotopic (exact) mass is 324 g/mol. The maximum absolute atomic E-state index is 12.3. The summed E-state index contributed by atoms with van der Waals surface area (Å²) >= 11 is 0. The molecule has 0 bridgehead atoms. The van der Waals surface area contributed by atoms with E-state index >= 15 is 0 Å². The van der Waals surface area contributed by atoms with E-state index in [9.17, 15) is 9.59 Å². The molecule has 2 amide bonds. The molecule has 2 aromatic rings. The summed E-state index contributed by atoms with van der Waals surface area (Å²) < 4.78 is 0. The zero-order valence-electron chi connectivity index (χ0n) is 14.5. The molecule has 0 aliphatic heterocycles. The van der Waals surface area contributed by atoms with Crippen LogP contribution in [0.15, 0.2) is 48.5 Å². The van der Waals surface area contributed by atoms with Crippen LogP contribution < -0.4 is 0 Å². The molecule has 0 spiro atoms. The Morgan fingerprint density at radius 1 is 1.00 bits per heavy atom. The molecule has 0 heterocycles. The summed E-state index contributed by atoms with van der Waals surface area (Å²) in [6, 6.07) is 14.1. The van der Waals surface area contributed by atoms with Crippen LogP contribution in [0.5, 0.6) is 0 Å². The molecule has 2 rings (SSSR count). The molecule has 0 N–H and O–H groups in total. The largest absolute Gasteiger partial charge is 0.342 e. The van der Waals surface area contributed by atoms with Gasteiger partial charge >= 0.3 is 0 Å². The standard InChI is InChI=1S/C20H24N2O2/c1-4-22(5-2)20(24)15-21(3)19(23)14-13-17-11-8-10-16-9-6-7-12-18(16)17/h6-14H,4-5,15H2,1-3H3/b14-13+. The average molecular weight is 324 g/mol. The van der Waals surface area contributed by atoms with Crippen molar-refractivity contribution in [3.8, 4) is 0 Å². The number of hydrogen-bond acceptors (Lipinski definition) is 2. The molecular weight excluding hydrogens is 300 g/mol. The van der Waals surface area contributed by atoms with Gasteiger partial charge in [0.1, 0.15) is 0 Å². The van der Waals surface area contributed by atoms with Crippen molar-refractivity contribution in [2.45, 2.75) is 13.8 Å². The highest BCUT2D eigenvalue weighted by atomic mass is 16.2. The smallest absolute Gasteiger partial charge is 0.246 e. The zero-order valence-corrected chi connectivity index (χ0v) is 14.5. The summed E-state index contributed by atoms with van der Waals surface area (Å²) in [5.74, 6) is -0.210. The maximum Gasteiger partial charge on any atom is 0.246 e. The van der Waals surface area contributed by atoms with Crippen molar-refractivity contribution < 1.29 is 9.59 Å². The van der Waals surface area contributed by atoms with E-state index in [0.29, 0.717) is 13.1 Å². The minimum atomic E-state index is -0.177. The Balaban J connectivity index is 2.08. The predicted octanol–water partition coefficient (Wildman–Crippen LogP) is 3.18. The van der Waals surface area contributed by atoms with Gasteiger partial charge in [-0.15, -0.1) is 0 Å². The van der Waals surface area contributed by atoms with Gasteiger partial charge in [-0.2, -0.15) is 0 Å². The van der Waals surface area contributed by atoms with Crippen LogP contribution in [0.1, 0.15) is 19.4 Å². The second kappa shape index (κ2) is 8.29. The number of hydrogen-bond donors (Lipinski definition) is 0. The molecule has 0 saturated heterocycles. The predicted molar refractivity (Wildman–Crippen MR) is 98.5 cm³/mol. The molecule has 0 unspecified atom stereocenters. The van der Waals surface area contributed by atoms with E-state index in [1.165, 1.54) is 11.0 Å². The van der Waals surface area contributed by atoms with Crippen molar-refractivity contribution >= 4 is 28.7 Å². The minimum Gasteiger partial charge on any atom is -0.342 e. The van der Waals surface area contributed by atoms with Gasteiger partial charge in [0.05, 0.1) is 6.54 Å². The SMILES string of the molecule is CCN(CC)C(=O)CN(C)C(=O)/C=C/c1cccc2ccccc12. The fourth-order valence-electron chi connectivity index (χ4n) is 2.64. The van der Waals surface area contributed by atoms with Gasteiger partial charge in [0, 0.05) is 26.2 Å². The third-order valence-electron chi connectivity index (χ3n) is 4.09. The first-order chi connectivity index (χ1) is 11.6. The van der Waals surface area contributed by atoms with Crippen molar-refractivity contribution in [3.63, 3.8) is 0 Å². The first kappa shape index (κ1) is 17.7. The van der Waals surface area contributed by atoms with E-state index in [-0.39, 0.29) is 18.4 Å². The first-order valence-electron chi connectivity index (χ1n) is 8.25. The van der Waals surface area contributed by atoms with Gasteiger partial charge < -0.3 is 9.80 Å². The van der Waals surface area contributed by atoms with Crippen molar-refractivity contribution in [1.82, 2.24) is 9.80 Å². The van der Waals surface area contributed by atoms with Crippen LogP contribution in [0.3, 0.4) is 0 Å². The summed E-state index contributed by atoms with van der Waals surface area (Å²) in [5, 5.41) is 2.24. The van der Waals surface area contributed by atoms with Crippen LogP contribution in [0.2, 0.25) is 0 Å². The molecule has 0 fully saturated rings. The Morgan fingerprint density at radius 3 is 2.38 bits per heavy atom. The lowest BCUT2D eigenvalue weighted by molar-refractivity contribution is -0.136. The lowest BCUT2D eigenvalue weighted by Gasteiger charge is -2.22. The molecule has 2 aromatic carbocycles. The van der Waals surface area contributed by atoms with Gasteiger partial charge in [0.25, 0.3) is 0 Å². The maximum atomic E-state index is 12.3. The number of nitrogens with zero attached hydrogens (tertiary/aromatic N) is 2. The summed E-state index contributed by atoms with van der Waals surface area (Å²) in [6.07, 6.45) is 3.33. The van der Waals surface area contributed by atoms with E-state index in [1.54, 1.807) is 11.9 Å². The lowest BCUT2D eigenvalue weighted by Crippen LogP contribution is -2.40.